The lowest BCUT2D eigenvalue weighted by Gasteiger charge is -2.11. The topological polar surface area (TPSA) is 93.6 Å². The number of aryl methyl sites for hydroxylation is 2. The molecule has 4 rings (SSSR count). The van der Waals surface area contributed by atoms with Crippen molar-refractivity contribution in [3.63, 3.8) is 0 Å². The number of fused-ring (bicyclic) bond motifs is 1. The lowest BCUT2D eigenvalue weighted by molar-refractivity contribution is -0.113. The van der Waals surface area contributed by atoms with Crippen molar-refractivity contribution < 1.29 is 19.4 Å². The molecule has 1 amide bonds. The molecule has 0 saturated carbocycles. The number of methoxy groups -OCH3 is 2. The number of thiophene rings is 1. The van der Waals surface area contributed by atoms with Crippen molar-refractivity contribution in [2.75, 3.05) is 25.3 Å². The van der Waals surface area contributed by atoms with Crippen molar-refractivity contribution in [1.82, 2.24) is 9.97 Å². The van der Waals surface area contributed by atoms with Gasteiger partial charge in [-0.05, 0) is 49.2 Å². The Kier molecular flexibility index (Phi) is 6.71. The number of ether oxygens (including phenoxy) is 2. The Morgan fingerprint density at radius 3 is 2.64 bits per heavy atom. The number of carbonyl (C=O) groups is 1. The van der Waals surface area contributed by atoms with Crippen LogP contribution in [-0.2, 0) is 4.79 Å². The fourth-order valence-electron chi connectivity index (χ4n) is 3.54. The molecule has 7 nitrogen and oxygen atoms in total. The van der Waals surface area contributed by atoms with E-state index in [1.54, 1.807) is 43.8 Å². The number of aromatic nitrogens is 2. The first-order valence-electron chi connectivity index (χ1n) is 10.1. The Morgan fingerprint density at radius 2 is 1.88 bits per heavy atom. The molecule has 0 atom stereocenters. The standard InChI is InChI=1S/C24H23N3O4S2/c1-13-5-7-17(28)16(9-13)27-20(29)11-32-23-22-21(14(2)33-24(22)26-12-25-23)15-6-8-18(30-3)19(10-15)31-4/h5-10,12,28H,11H2,1-4H3,(H,27,29). The van der Waals surface area contributed by atoms with Crippen molar-refractivity contribution in [3.8, 4) is 28.4 Å². The number of anilines is 1. The number of phenolic OH excluding ortho intramolecular Hbond substituents is 1. The fraction of sp³-hybridized carbons (Fsp3) is 0.208. The van der Waals surface area contributed by atoms with E-state index >= 15 is 0 Å². The molecule has 0 spiro atoms. The SMILES string of the molecule is COc1ccc(-c2c(C)sc3ncnc(SCC(=O)Nc4cc(C)ccc4O)c23)cc1OC. The minimum atomic E-state index is -0.229. The number of nitrogens with one attached hydrogen (secondary N) is 1. The number of hydrogen-bond donors (Lipinski definition) is 2. The van der Waals surface area contributed by atoms with E-state index in [0.29, 0.717) is 17.2 Å². The molecule has 2 heterocycles. The van der Waals surface area contributed by atoms with E-state index in [9.17, 15) is 9.90 Å². The number of amides is 1. The zero-order valence-electron chi connectivity index (χ0n) is 18.6. The highest BCUT2D eigenvalue weighted by molar-refractivity contribution is 8.00. The van der Waals surface area contributed by atoms with Crippen LogP contribution in [0, 0.1) is 13.8 Å². The van der Waals surface area contributed by atoms with Gasteiger partial charge in [0.05, 0.1) is 31.0 Å². The summed E-state index contributed by atoms with van der Waals surface area (Å²) in [5.74, 6) is 1.23. The number of aromatic hydroxyl groups is 1. The number of benzene rings is 2. The Labute approximate surface area is 199 Å². The first-order valence-corrected chi connectivity index (χ1v) is 11.9. The Morgan fingerprint density at radius 1 is 1.09 bits per heavy atom. The van der Waals surface area contributed by atoms with Gasteiger partial charge in [0.1, 0.15) is 21.9 Å². The summed E-state index contributed by atoms with van der Waals surface area (Å²) in [6.45, 7) is 3.94. The van der Waals surface area contributed by atoms with Crippen molar-refractivity contribution in [2.24, 2.45) is 0 Å². The highest BCUT2D eigenvalue weighted by Gasteiger charge is 2.19. The summed E-state index contributed by atoms with van der Waals surface area (Å²) in [5, 5.41) is 14.4. The van der Waals surface area contributed by atoms with Gasteiger partial charge in [-0.25, -0.2) is 9.97 Å². The summed E-state index contributed by atoms with van der Waals surface area (Å²) in [5.41, 5.74) is 3.31. The number of carbonyl (C=O) groups excluding carboxylic acids is 1. The summed E-state index contributed by atoms with van der Waals surface area (Å²) >= 11 is 2.91. The average Bonchev–Trinajstić information content (AvgIpc) is 3.15. The van der Waals surface area contributed by atoms with Crippen LogP contribution >= 0.6 is 23.1 Å². The van der Waals surface area contributed by atoms with Gasteiger partial charge in [0.15, 0.2) is 11.5 Å². The molecule has 170 valence electrons. The predicted molar refractivity (Wildman–Crippen MR) is 133 cm³/mol. The Hall–Kier alpha value is -3.30. The molecule has 2 aromatic heterocycles. The molecule has 4 aromatic rings. The quantitative estimate of drug-likeness (QED) is 0.207. The largest absolute Gasteiger partial charge is 0.506 e. The van der Waals surface area contributed by atoms with Gasteiger partial charge < -0.3 is 19.9 Å². The zero-order chi connectivity index (χ0) is 23.5. The van der Waals surface area contributed by atoms with Gasteiger partial charge in [-0.3, -0.25) is 4.79 Å². The number of nitrogens with zero attached hydrogens (tertiary/aromatic N) is 2. The smallest absolute Gasteiger partial charge is 0.234 e. The normalized spacial score (nSPS) is 10.9. The Balaban J connectivity index is 1.64. The van der Waals surface area contributed by atoms with Gasteiger partial charge >= 0.3 is 0 Å². The summed E-state index contributed by atoms with van der Waals surface area (Å²) in [6.07, 6.45) is 1.52. The molecule has 2 aromatic carbocycles. The third-order valence-electron chi connectivity index (χ3n) is 5.07. The van der Waals surface area contributed by atoms with Crippen LogP contribution in [0.1, 0.15) is 10.4 Å². The van der Waals surface area contributed by atoms with Crippen LogP contribution in [0.5, 0.6) is 17.2 Å². The molecule has 0 saturated heterocycles. The maximum atomic E-state index is 12.6. The minimum Gasteiger partial charge on any atom is -0.506 e. The molecule has 0 unspecified atom stereocenters. The van der Waals surface area contributed by atoms with Crippen LogP contribution in [0.3, 0.4) is 0 Å². The van der Waals surface area contributed by atoms with Crippen molar-refractivity contribution in [3.05, 3.63) is 53.2 Å². The second-order valence-corrected chi connectivity index (χ2v) is 9.49. The molecule has 0 fully saturated rings. The highest BCUT2D eigenvalue weighted by atomic mass is 32.2. The number of hydrogen-bond acceptors (Lipinski definition) is 8. The number of thioether (sulfide) groups is 1. The maximum Gasteiger partial charge on any atom is 0.234 e. The maximum absolute atomic E-state index is 12.6. The molecule has 33 heavy (non-hydrogen) atoms. The lowest BCUT2D eigenvalue weighted by Crippen LogP contribution is -2.14. The molecular formula is C24H23N3O4S2. The molecule has 0 aliphatic heterocycles. The van der Waals surface area contributed by atoms with Gasteiger partial charge in [0.25, 0.3) is 0 Å². The van der Waals surface area contributed by atoms with E-state index in [1.807, 2.05) is 32.0 Å². The van der Waals surface area contributed by atoms with Crippen LogP contribution in [0.15, 0.2) is 47.8 Å². The van der Waals surface area contributed by atoms with Crippen molar-refractivity contribution in [1.29, 1.82) is 0 Å². The van der Waals surface area contributed by atoms with E-state index in [-0.39, 0.29) is 17.4 Å². The van der Waals surface area contributed by atoms with Gasteiger partial charge in [-0.1, -0.05) is 23.9 Å². The van der Waals surface area contributed by atoms with Gasteiger partial charge in [0, 0.05) is 10.4 Å². The van der Waals surface area contributed by atoms with Crippen LogP contribution in [0.25, 0.3) is 21.3 Å². The third-order valence-corrected chi connectivity index (χ3v) is 7.07. The number of rotatable bonds is 7. The first-order chi connectivity index (χ1) is 15.9. The lowest BCUT2D eigenvalue weighted by atomic mass is 10.0. The third kappa shape index (κ3) is 4.74. The molecule has 0 bridgehead atoms. The van der Waals surface area contributed by atoms with Crippen LogP contribution in [0.4, 0.5) is 5.69 Å². The predicted octanol–water partition coefficient (Wildman–Crippen LogP) is 5.43. The second-order valence-electron chi connectivity index (χ2n) is 7.32. The van der Waals surface area contributed by atoms with Crippen LogP contribution in [-0.4, -0.2) is 41.0 Å². The molecular weight excluding hydrogens is 458 g/mol. The molecule has 2 N–H and O–H groups in total. The summed E-state index contributed by atoms with van der Waals surface area (Å²) < 4.78 is 10.8. The van der Waals surface area contributed by atoms with E-state index in [2.05, 4.69) is 15.3 Å². The monoisotopic (exact) mass is 481 g/mol. The van der Waals surface area contributed by atoms with Crippen molar-refractivity contribution in [2.45, 2.75) is 18.9 Å². The second kappa shape index (κ2) is 9.68. The highest BCUT2D eigenvalue weighted by Crippen LogP contribution is 2.43. The first kappa shape index (κ1) is 22.9. The van der Waals surface area contributed by atoms with Crippen molar-refractivity contribution >= 4 is 44.9 Å². The zero-order valence-corrected chi connectivity index (χ0v) is 20.3. The summed E-state index contributed by atoms with van der Waals surface area (Å²) in [7, 11) is 3.21. The van der Waals surface area contributed by atoms with E-state index in [0.717, 1.165) is 36.8 Å². The van der Waals surface area contributed by atoms with Crippen LogP contribution < -0.4 is 14.8 Å². The van der Waals surface area contributed by atoms with Gasteiger partial charge in [-0.2, -0.15) is 0 Å². The molecule has 0 radical (unpaired) electrons. The summed E-state index contributed by atoms with van der Waals surface area (Å²) in [6, 6.07) is 10.9. The fourth-order valence-corrected chi connectivity index (χ4v) is 5.42. The van der Waals surface area contributed by atoms with E-state index in [1.165, 1.54) is 18.1 Å². The number of phenols is 1. The van der Waals surface area contributed by atoms with E-state index < -0.39 is 0 Å². The minimum absolute atomic E-state index is 0.0348. The van der Waals surface area contributed by atoms with Gasteiger partial charge in [0.2, 0.25) is 5.91 Å². The average molecular weight is 482 g/mol. The van der Waals surface area contributed by atoms with Gasteiger partial charge in [-0.15, -0.1) is 11.3 Å². The molecule has 9 heteroatoms. The Bertz CT molecular complexity index is 1340. The molecule has 0 aliphatic rings. The van der Waals surface area contributed by atoms with E-state index in [4.69, 9.17) is 9.47 Å². The summed E-state index contributed by atoms with van der Waals surface area (Å²) in [4.78, 5) is 23.4. The molecule has 0 aliphatic carbocycles. The van der Waals surface area contributed by atoms with Crippen LogP contribution in [0.2, 0.25) is 0 Å².